The molecule has 1 fully saturated rings. The van der Waals surface area contributed by atoms with Gasteiger partial charge in [-0.2, -0.15) is 0 Å². The van der Waals surface area contributed by atoms with Crippen LogP contribution < -0.4 is 4.72 Å². The molecule has 1 atom stereocenters. The van der Waals surface area contributed by atoms with Crippen LogP contribution in [0, 0.1) is 6.92 Å². The second-order valence-electron chi connectivity index (χ2n) is 7.07. The number of rotatable bonds is 6. The van der Waals surface area contributed by atoms with Crippen LogP contribution in [-0.2, 0) is 10.0 Å². The molecule has 0 amide bonds. The number of hydrogen-bond donors (Lipinski definition) is 1. The molecule has 0 spiro atoms. The van der Waals surface area contributed by atoms with E-state index in [9.17, 15) is 8.42 Å². The van der Waals surface area contributed by atoms with Crippen LogP contribution in [0.2, 0.25) is 0 Å². The van der Waals surface area contributed by atoms with Crippen LogP contribution in [0.3, 0.4) is 0 Å². The number of piperazine rings is 1. The Bertz CT molecular complexity index is 846. The highest BCUT2D eigenvalue weighted by molar-refractivity contribution is 9.10. The number of benzene rings is 2. The highest BCUT2D eigenvalue weighted by atomic mass is 79.9. The first-order chi connectivity index (χ1) is 12.8. The van der Waals surface area contributed by atoms with Crippen LogP contribution >= 0.6 is 15.9 Å². The summed E-state index contributed by atoms with van der Waals surface area (Å²) in [6, 6.07) is 15.1. The average molecular weight is 452 g/mol. The molecular formula is C20H26BrN3O2S. The number of sulfonamides is 1. The molecule has 1 aliphatic heterocycles. The van der Waals surface area contributed by atoms with Crippen molar-refractivity contribution in [2.24, 2.45) is 0 Å². The maximum Gasteiger partial charge on any atom is 0.240 e. The first-order valence-corrected chi connectivity index (χ1v) is 11.4. The lowest BCUT2D eigenvalue weighted by atomic mass is 10.0. The quantitative estimate of drug-likeness (QED) is 0.732. The molecular weight excluding hydrogens is 426 g/mol. The van der Waals surface area contributed by atoms with E-state index in [1.165, 1.54) is 5.56 Å². The highest BCUT2D eigenvalue weighted by Gasteiger charge is 2.26. The maximum atomic E-state index is 12.7. The highest BCUT2D eigenvalue weighted by Crippen LogP contribution is 2.23. The summed E-state index contributed by atoms with van der Waals surface area (Å²) in [5.41, 5.74) is 2.34. The largest absolute Gasteiger partial charge is 0.304 e. The number of likely N-dealkylation sites (N-methyl/N-ethyl adjacent to an activating group) is 1. The fourth-order valence-electron chi connectivity index (χ4n) is 3.27. The number of halogens is 1. The van der Waals surface area contributed by atoms with E-state index in [-0.39, 0.29) is 10.9 Å². The summed E-state index contributed by atoms with van der Waals surface area (Å²) in [7, 11) is -1.43. The van der Waals surface area contributed by atoms with Gasteiger partial charge < -0.3 is 4.90 Å². The van der Waals surface area contributed by atoms with E-state index >= 15 is 0 Å². The van der Waals surface area contributed by atoms with Gasteiger partial charge in [-0.25, -0.2) is 13.1 Å². The third-order valence-electron chi connectivity index (χ3n) is 5.03. The van der Waals surface area contributed by atoms with Crippen LogP contribution in [0.5, 0.6) is 0 Å². The van der Waals surface area contributed by atoms with Crippen LogP contribution in [0.15, 0.2) is 57.9 Å². The van der Waals surface area contributed by atoms with Gasteiger partial charge in [0.2, 0.25) is 10.0 Å². The van der Waals surface area contributed by atoms with E-state index in [0.29, 0.717) is 6.54 Å². The zero-order valence-electron chi connectivity index (χ0n) is 15.7. The van der Waals surface area contributed by atoms with Crippen molar-refractivity contribution in [1.82, 2.24) is 14.5 Å². The minimum absolute atomic E-state index is 0.0181. The summed E-state index contributed by atoms with van der Waals surface area (Å²) < 4.78 is 29.1. The Hall–Kier alpha value is -1.25. The summed E-state index contributed by atoms with van der Waals surface area (Å²) >= 11 is 3.34. The van der Waals surface area contributed by atoms with Gasteiger partial charge in [-0.3, -0.25) is 4.90 Å². The lowest BCUT2D eigenvalue weighted by molar-refractivity contribution is 0.113. The molecule has 0 aliphatic carbocycles. The smallest absolute Gasteiger partial charge is 0.240 e. The van der Waals surface area contributed by atoms with Gasteiger partial charge in [0.1, 0.15) is 0 Å². The van der Waals surface area contributed by atoms with Crippen molar-refractivity contribution in [2.75, 3.05) is 39.8 Å². The molecule has 7 heteroatoms. The van der Waals surface area contributed by atoms with Gasteiger partial charge in [0, 0.05) is 43.2 Å². The van der Waals surface area contributed by atoms with Crippen LogP contribution in [-0.4, -0.2) is 58.0 Å². The van der Waals surface area contributed by atoms with Crippen molar-refractivity contribution in [3.63, 3.8) is 0 Å². The zero-order valence-corrected chi connectivity index (χ0v) is 18.1. The molecule has 1 saturated heterocycles. The van der Waals surface area contributed by atoms with Crippen LogP contribution in [0.25, 0.3) is 0 Å². The van der Waals surface area contributed by atoms with Gasteiger partial charge in [-0.05, 0) is 43.8 Å². The summed E-state index contributed by atoms with van der Waals surface area (Å²) in [6.07, 6.45) is 0. The topological polar surface area (TPSA) is 52.7 Å². The molecule has 0 aromatic heterocycles. The lowest BCUT2D eigenvalue weighted by Crippen LogP contribution is -2.48. The summed E-state index contributed by atoms with van der Waals surface area (Å²) in [5, 5.41) is 0. The Balaban J connectivity index is 1.78. The molecule has 27 heavy (non-hydrogen) atoms. The average Bonchev–Trinajstić information content (AvgIpc) is 2.65. The van der Waals surface area contributed by atoms with Gasteiger partial charge in [-0.1, -0.05) is 45.8 Å². The van der Waals surface area contributed by atoms with Crippen LogP contribution in [0.1, 0.15) is 17.2 Å². The van der Waals surface area contributed by atoms with Crippen LogP contribution in [0.4, 0.5) is 0 Å². The van der Waals surface area contributed by atoms with Gasteiger partial charge in [0.25, 0.3) is 0 Å². The Morgan fingerprint density at radius 2 is 1.59 bits per heavy atom. The minimum atomic E-state index is -3.55. The molecule has 2 aromatic carbocycles. The predicted molar refractivity (Wildman–Crippen MR) is 112 cm³/mol. The lowest BCUT2D eigenvalue weighted by Gasteiger charge is -2.38. The Labute approximate surface area is 170 Å². The summed E-state index contributed by atoms with van der Waals surface area (Å²) in [4.78, 5) is 4.95. The molecule has 0 saturated carbocycles. The monoisotopic (exact) mass is 451 g/mol. The Morgan fingerprint density at radius 3 is 2.19 bits per heavy atom. The predicted octanol–water partition coefficient (Wildman–Crippen LogP) is 3.02. The van der Waals surface area contributed by atoms with Gasteiger partial charge in [0.05, 0.1) is 4.90 Å². The van der Waals surface area contributed by atoms with Gasteiger partial charge in [0.15, 0.2) is 0 Å². The molecule has 3 rings (SSSR count). The van der Waals surface area contributed by atoms with Gasteiger partial charge >= 0.3 is 0 Å². The number of hydrogen-bond acceptors (Lipinski definition) is 4. The number of nitrogens with one attached hydrogen (secondary N) is 1. The van der Waals surface area contributed by atoms with Gasteiger partial charge in [-0.15, -0.1) is 0 Å². The molecule has 5 nitrogen and oxygen atoms in total. The Morgan fingerprint density at radius 1 is 1.00 bits per heavy atom. The fourth-order valence-corrected chi connectivity index (χ4v) is 4.57. The first kappa shape index (κ1) is 20.5. The van der Waals surface area contributed by atoms with E-state index in [1.54, 1.807) is 24.3 Å². The van der Waals surface area contributed by atoms with E-state index in [1.807, 2.05) is 0 Å². The van der Waals surface area contributed by atoms with Crippen molar-refractivity contribution in [3.8, 4) is 0 Å². The van der Waals surface area contributed by atoms with E-state index in [2.05, 4.69) is 68.7 Å². The molecule has 1 N–H and O–H groups in total. The molecule has 0 radical (unpaired) electrons. The normalized spacial score (nSPS) is 17.7. The summed E-state index contributed by atoms with van der Waals surface area (Å²) in [6.45, 7) is 6.24. The van der Waals surface area contributed by atoms with Crippen molar-refractivity contribution < 1.29 is 8.42 Å². The van der Waals surface area contributed by atoms with E-state index < -0.39 is 10.0 Å². The van der Waals surface area contributed by atoms with Crippen molar-refractivity contribution in [2.45, 2.75) is 17.9 Å². The molecule has 0 unspecified atom stereocenters. The second kappa shape index (κ2) is 8.84. The van der Waals surface area contributed by atoms with E-state index in [4.69, 9.17) is 0 Å². The second-order valence-corrected chi connectivity index (χ2v) is 9.75. The molecule has 1 aliphatic rings. The third kappa shape index (κ3) is 5.39. The SMILES string of the molecule is Cc1ccc([C@H](CNS(=O)(=O)c2ccc(Br)cc2)N2CCN(C)CC2)cc1. The minimum Gasteiger partial charge on any atom is -0.304 e. The van der Waals surface area contributed by atoms with Crippen molar-refractivity contribution >= 4 is 26.0 Å². The van der Waals surface area contributed by atoms with Crippen molar-refractivity contribution in [3.05, 3.63) is 64.1 Å². The van der Waals surface area contributed by atoms with Crippen molar-refractivity contribution in [1.29, 1.82) is 0 Å². The summed E-state index contributed by atoms with van der Waals surface area (Å²) in [5.74, 6) is 0. The fraction of sp³-hybridized carbons (Fsp3) is 0.400. The third-order valence-corrected chi connectivity index (χ3v) is 7.00. The molecule has 0 bridgehead atoms. The standard InChI is InChI=1S/C20H26BrN3O2S/c1-16-3-5-17(6-4-16)20(24-13-11-23(2)12-14-24)15-22-27(25,26)19-9-7-18(21)8-10-19/h3-10,20,22H,11-15H2,1-2H3/t20-/m0/s1. The molecule has 2 aromatic rings. The number of aryl methyl sites for hydroxylation is 1. The molecule has 1 heterocycles. The molecule has 146 valence electrons. The van der Waals surface area contributed by atoms with E-state index in [0.717, 1.165) is 36.2 Å². The maximum absolute atomic E-state index is 12.7. The number of nitrogens with zero attached hydrogens (tertiary/aromatic N) is 2. The zero-order chi connectivity index (χ0) is 19.4. The Kier molecular flexibility index (Phi) is 6.70. The first-order valence-electron chi connectivity index (χ1n) is 9.09.